The minimum atomic E-state index is -0.414. The van der Waals surface area contributed by atoms with E-state index >= 15 is 0 Å². The molecule has 9 nitrogen and oxygen atoms in total. The molecular formula is C18H19N5O4S. The summed E-state index contributed by atoms with van der Waals surface area (Å²) in [6.07, 6.45) is 0.735. The van der Waals surface area contributed by atoms with Crippen molar-refractivity contribution in [1.29, 1.82) is 0 Å². The van der Waals surface area contributed by atoms with Crippen molar-refractivity contribution in [2.24, 2.45) is 0 Å². The Labute approximate surface area is 165 Å². The standard InChI is InChI=1S/C18H19N5O4S/c1-4-16-20-21-18(28-16)19-15(24)10-23-17(25)8-6-13(22-23)12-9-11(26-2)5-7-14(12)27-3/h5-9H,4,10H2,1-3H3,(H,19,21,24). The van der Waals surface area contributed by atoms with Crippen LogP contribution in [0.1, 0.15) is 11.9 Å². The summed E-state index contributed by atoms with van der Waals surface area (Å²) in [4.78, 5) is 24.4. The van der Waals surface area contributed by atoms with Crippen molar-refractivity contribution in [3.63, 3.8) is 0 Å². The van der Waals surface area contributed by atoms with E-state index in [-0.39, 0.29) is 6.54 Å². The molecule has 1 amide bonds. The lowest BCUT2D eigenvalue weighted by Gasteiger charge is -2.11. The highest BCUT2D eigenvalue weighted by atomic mass is 32.1. The van der Waals surface area contributed by atoms with E-state index in [9.17, 15) is 9.59 Å². The number of nitrogens with zero attached hydrogens (tertiary/aromatic N) is 4. The topological polar surface area (TPSA) is 108 Å². The Bertz CT molecular complexity index is 1050. The number of ether oxygens (including phenoxy) is 2. The molecule has 0 saturated heterocycles. The molecule has 0 atom stereocenters. The third kappa shape index (κ3) is 4.34. The quantitative estimate of drug-likeness (QED) is 0.645. The molecule has 1 aromatic carbocycles. The molecule has 2 aromatic heterocycles. The lowest BCUT2D eigenvalue weighted by atomic mass is 10.1. The summed E-state index contributed by atoms with van der Waals surface area (Å²) in [5.41, 5.74) is 0.729. The molecule has 10 heteroatoms. The first-order valence-electron chi connectivity index (χ1n) is 8.46. The van der Waals surface area contributed by atoms with Crippen LogP contribution in [0.4, 0.5) is 5.13 Å². The van der Waals surface area contributed by atoms with Crippen molar-refractivity contribution in [3.05, 3.63) is 45.7 Å². The van der Waals surface area contributed by atoms with E-state index in [1.54, 1.807) is 38.5 Å². The molecule has 0 unspecified atom stereocenters. The van der Waals surface area contributed by atoms with Gasteiger partial charge in [0.25, 0.3) is 5.56 Å². The number of aryl methyl sites for hydroxylation is 1. The maximum Gasteiger partial charge on any atom is 0.267 e. The van der Waals surface area contributed by atoms with Gasteiger partial charge in [-0.05, 0) is 30.7 Å². The molecule has 2 heterocycles. The number of benzene rings is 1. The first kappa shape index (κ1) is 19.5. The lowest BCUT2D eigenvalue weighted by Crippen LogP contribution is -2.29. The Morgan fingerprint density at radius 2 is 2.00 bits per heavy atom. The van der Waals surface area contributed by atoms with E-state index in [1.807, 2.05) is 6.92 Å². The fourth-order valence-corrected chi connectivity index (χ4v) is 3.16. The number of carbonyl (C=O) groups excluding carboxylic acids is 1. The van der Waals surface area contributed by atoms with E-state index in [4.69, 9.17) is 9.47 Å². The highest BCUT2D eigenvalue weighted by molar-refractivity contribution is 7.15. The largest absolute Gasteiger partial charge is 0.497 e. The lowest BCUT2D eigenvalue weighted by molar-refractivity contribution is -0.117. The maximum absolute atomic E-state index is 12.3. The van der Waals surface area contributed by atoms with Crippen LogP contribution in [0.3, 0.4) is 0 Å². The molecular weight excluding hydrogens is 382 g/mol. The van der Waals surface area contributed by atoms with Crippen LogP contribution in [0.5, 0.6) is 11.5 Å². The summed E-state index contributed by atoms with van der Waals surface area (Å²) < 4.78 is 11.7. The van der Waals surface area contributed by atoms with Crippen molar-refractivity contribution in [2.45, 2.75) is 19.9 Å². The molecule has 0 aliphatic carbocycles. The van der Waals surface area contributed by atoms with Crippen LogP contribution in [0.2, 0.25) is 0 Å². The third-order valence-electron chi connectivity index (χ3n) is 3.86. The van der Waals surface area contributed by atoms with Gasteiger partial charge in [-0.3, -0.25) is 14.9 Å². The van der Waals surface area contributed by atoms with Crippen LogP contribution >= 0.6 is 11.3 Å². The van der Waals surface area contributed by atoms with Crippen molar-refractivity contribution < 1.29 is 14.3 Å². The predicted molar refractivity (Wildman–Crippen MR) is 105 cm³/mol. The van der Waals surface area contributed by atoms with Gasteiger partial charge in [0.2, 0.25) is 11.0 Å². The van der Waals surface area contributed by atoms with Crippen LogP contribution in [-0.4, -0.2) is 40.1 Å². The van der Waals surface area contributed by atoms with Gasteiger partial charge < -0.3 is 9.47 Å². The van der Waals surface area contributed by atoms with Gasteiger partial charge in [0.05, 0.1) is 19.9 Å². The second kappa shape index (κ2) is 8.61. The monoisotopic (exact) mass is 401 g/mol. The van der Waals surface area contributed by atoms with Gasteiger partial charge in [-0.25, -0.2) is 4.68 Å². The average Bonchev–Trinajstić information content (AvgIpc) is 3.16. The highest BCUT2D eigenvalue weighted by Crippen LogP contribution is 2.31. The fraction of sp³-hybridized carbons (Fsp3) is 0.278. The Hall–Kier alpha value is -3.27. The van der Waals surface area contributed by atoms with Gasteiger partial charge >= 0.3 is 0 Å². The highest BCUT2D eigenvalue weighted by Gasteiger charge is 2.13. The predicted octanol–water partition coefficient (Wildman–Crippen LogP) is 1.98. The number of methoxy groups -OCH3 is 2. The third-order valence-corrected chi connectivity index (χ3v) is 4.84. The second-order valence-electron chi connectivity index (χ2n) is 5.68. The number of rotatable bonds is 7. The van der Waals surface area contributed by atoms with Gasteiger partial charge in [0.15, 0.2) is 0 Å². The van der Waals surface area contributed by atoms with Gasteiger partial charge in [0, 0.05) is 11.6 Å². The molecule has 3 rings (SSSR count). The molecule has 0 saturated carbocycles. The number of hydrogen-bond acceptors (Lipinski definition) is 8. The van der Waals surface area contributed by atoms with Crippen LogP contribution < -0.4 is 20.3 Å². The second-order valence-corrected chi connectivity index (χ2v) is 6.75. The van der Waals surface area contributed by atoms with Crippen LogP contribution in [0.25, 0.3) is 11.3 Å². The number of aromatic nitrogens is 4. The number of hydrogen-bond donors (Lipinski definition) is 1. The Balaban J connectivity index is 1.85. The van der Waals surface area contributed by atoms with Gasteiger partial charge in [-0.15, -0.1) is 10.2 Å². The zero-order chi connectivity index (χ0) is 20.1. The van der Waals surface area contributed by atoms with E-state index in [1.165, 1.54) is 17.4 Å². The zero-order valence-corrected chi connectivity index (χ0v) is 16.4. The smallest absolute Gasteiger partial charge is 0.267 e. The van der Waals surface area contributed by atoms with Crippen molar-refractivity contribution in [1.82, 2.24) is 20.0 Å². The van der Waals surface area contributed by atoms with Crippen molar-refractivity contribution >= 4 is 22.4 Å². The van der Waals surface area contributed by atoms with E-state index in [0.29, 0.717) is 27.9 Å². The molecule has 3 aromatic rings. The first-order chi connectivity index (χ1) is 13.5. The molecule has 0 aliphatic rings. The minimum Gasteiger partial charge on any atom is -0.497 e. The normalized spacial score (nSPS) is 10.5. The molecule has 0 spiro atoms. The Morgan fingerprint density at radius 1 is 1.18 bits per heavy atom. The van der Waals surface area contributed by atoms with E-state index < -0.39 is 11.5 Å². The van der Waals surface area contributed by atoms with Crippen LogP contribution in [-0.2, 0) is 17.8 Å². The molecule has 0 aliphatic heterocycles. The SMILES string of the molecule is CCc1nnc(NC(=O)Cn2nc(-c3cc(OC)ccc3OC)ccc2=O)s1. The van der Waals surface area contributed by atoms with Crippen molar-refractivity contribution in [2.75, 3.05) is 19.5 Å². The Morgan fingerprint density at radius 3 is 2.68 bits per heavy atom. The number of anilines is 1. The summed E-state index contributed by atoms with van der Waals surface area (Å²) in [6.45, 7) is 1.70. The summed E-state index contributed by atoms with van der Waals surface area (Å²) in [6, 6.07) is 8.20. The summed E-state index contributed by atoms with van der Waals surface area (Å²) in [5.74, 6) is 0.781. The van der Waals surface area contributed by atoms with E-state index in [2.05, 4.69) is 20.6 Å². The fourth-order valence-electron chi connectivity index (χ4n) is 2.46. The van der Waals surface area contributed by atoms with Crippen LogP contribution in [0, 0.1) is 0 Å². The summed E-state index contributed by atoms with van der Waals surface area (Å²) in [7, 11) is 3.10. The molecule has 146 valence electrons. The summed E-state index contributed by atoms with van der Waals surface area (Å²) >= 11 is 1.29. The molecule has 28 heavy (non-hydrogen) atoms. The number of nitrogens with one attached hydrogen (secondary N) is 1. The Kier molecular flexibility index (Phi) is 5.99. The first-order valence-corrected chi connectivity index (χ1v) is 9.28. The van der Waals surface area contributed by atoms with Gasteiger partial charge in [-0.2, -0.15) is 5.10 Å². The number of carbonyl (C=O) groups is 1. The van der Waals surface area contributed by atoms with Crippen LogP contribution in [0.15, 0.2) is 35.1 Å². The maximum atomic E-state index is 12.3. The van der Waals surface area contributed by atoms with Crippen molar-refractivity contribution in [3.8, 4) is 22.8 Å². The van der Waals surface area contributed by atoms with E-state index in [0.717, 1.165) is 16.1 Å². The molecule has 0 bridgehead atoms. The molecule has 1 N–H and O–H groups in total. The zero-order valence-electron chi connectivity index (χ0n) is 15.6. The number of amides is 1. The van der Waals surface area contributed by atoms with Gasteiger partial charge in [0.1, 0.15) is 23.1 Å². The molecule has 0 fully saturated rings. The van der Waals surface area contributed by atoms with Gasteiger partial charge in [-0.1, -0.05) is 18.3 Å². The average molecular weight is 401 g/mol. The molecule has 0 radical (unpaired) electrons. The minimum absolute atomic E-state index is 0.250. The summed E-state index contributed by atoms with van der Waals surface area (Å²) in [5, 5.41) is 16.0.